The highest BCUT2D eigenvalue weighted by molar-refractivity contribution is 5.93. The van der Waals surface area contributed by atoms with E-state index in [0.717, 1.165) is 11.4 Å². The third-order valence-electron chi connectivity index (χ3n) is 4.56. The van der Waals surface area contributed by atoms with Gasteiger partial charge in [-0.2, -0.15) is 10.2 Å². The zero-order chi connectivity index (χ0) is 22.1. The third kappa shape index (κ3) is 6.12. The second kappa shape index (κ2) is 10.9. The lowest BCUT2D eigenvalue weighted by molar-refractivity contribution is -0.118. The van der Waals surface area contributed by atoms with Crippen LogP contribution in [0.5, 0.6) is 5.75 Å². The number of rotatable bonds is 10. The van der Waals surface area contributed by atoms with Gasteiger partial charge in [-0.15, -0.1) is 0 Å². The fourth-order valence-electron chi connectivity index (χ4n) is 3.05. The van der Waals surface area contributed by atoms with Crippen molar-refractivity contribution in [2.75, 3.05) is 18.1 Å². The van der Waals surface area contributed by atoms with Gasteiger partial charge in [0.05, 0.1) is 19.1 Å². The van der Waals surface area contributed by atoms with E-state index in [2.05, 4.69) is 16.2 Å². The molecular formula is C23H23FN4O3. The smallest absolute Gasteiger partial charge is 0.227 e. The highest BCUT2D eigenvalue weighted by Crippen LogP contribution is 2.22. The average Bonchev–Trinajstić information content (AvgIpc) is 3.25. The number of anilines is 1. The summed E-state index contributed by atoms with van der Waals surface area (Å²) in [6.45, 7) is 2.79. The zero-order valence-corrected chi connectivity index (χ0v) is 17.3. The molecule has 0 saturated heterocycles. The number of carbonyl (C=O) groups is 1. The van der Waals surface area contributed by atoms with Crippen LogP contribution in [-0.4, -0.2) is 29.2 Å². The van der Waals surface area contributed by atoms with Crippen molar-refractivity contribution in [2.24, 2.45) is 0 Å². The molecule has 2 aromatic carbocycles. The molecule has 160 valence electrons. The second-order valence-electron chi connectivity index (χ2n) is 6.75. The van der Waals surface area contributed by atoms with Crippen molar-refractivity contribution in [1.82, 2.24) is 10.1 Å². The molecule has 0 N–H and O–H groups in total. The molecular weight excluding hydrogens is 399 g/mol. The highest BCUT2D eigenvalue weighted by atomic mass is 19.1. The fraction of sp³-hybridized carbons (Fsp3) is 0.304. The van der Waals surface area contributed by atoms with E-state index >= 15 is 0 Å². The summed E-state index contributed by atoms with van der Waals surface area (Å²) in [4.78, 5) is 18.7. The predicted octanol–water partition coefficient (Wildman–Crippen LogP) is 4.54. The molecule has 0 fully saturated rings. The van der Waals surface area contributed by atoms with E-state index in [1.807, 2.05) is 19.1 Å². The minimum Gasteiger partial charge on any atom is -0.494 e. The Kier molecular flexibility index (Phi) is 7.71. The van der Waals surface area contributed by atoms with Gasteiger partial charge in [0.2, 0.25) is 17.6 Å². The van der Waals surface area contributed by atoms with Gasteiger partial charge in [-0.3, -0.25) is 4.79 Å². The van der Waals surface area contributed by atoms with E-state index in [1.165, 1.54) is 12.1 Å². The summed E-state index contributed by atoms with van der Waals surface area (Å²) in [6.07, 6.45) is 1.47. The van der Waals surface area contributed by atoms with Crippen LogP contribution in [0.4, 0.5) is 10.1 Å². The van der Waals surface area contributed by atoms with Crippen molar-refractivity contribution in [2.45, 2.75) is 32.6 Å². The first-order valence-corrected chi connectivity index (χ1v) is 10.1. The van der Waals surface area contributed by atoms with E-state index in [-0.39, 0.29) is 24.6 Å². The van der Waals surface area contributed by atoms with E-state index in [9.17, 15) is 9.18 Å². The summed E-state index contributed by atoms with van der Waals surface area (Å²) < 4.78 is 23.7. The Morgan fingerprint density at radius 3 is 2.61 bits per heavy atom. The molecule has 8 heteroatoms. The van der Waals surface area contributed by atoms with E-state index in [1.54, 1.807) is 29.2 Å². The topological polar surface area (TPSA) is 92.2 Å². The van der Waals surface area contributed by atoms with E-state index in [0.29, 0.717) is 43.3 Å². The fourth-order valence-corrected chi connectivity index (χ4v) is 3.05. The van der Waals surface area contributed by atoms with Crippen molar-refractivity contribution in [3.8, 4) is 23.2 Å². The Hall–Kier alpha value is -3.73. The number of halogens is 1. The third-order valence-corrected chi connectivity index (χ3v) is 4.56. The molecule has 7 nitrogen and oxygen atoms in total. The van der Waals surface area contributed by atoms with Crippen molar-refractivity contribution in [1.29, 1.82) is 5.26 Å². The molecule has 0 spiro atoms. The predicted molar refractivity (Wildman–Crippen MR) is 113 cm³/mol. The Labute approximate surface area is 180 Å². The minimum absolute atomic E-state index is 0.0855. The van der Waals surface area contributed by atoms with Crippen LogP contribution in [0.15, 0.2) is 53.1 Å². The first kappa shape index (κ1) is 22.0. The molecule has 0 atom stereocenters. The summed E-state index contributed by atoms with van der Waals surface area (Å²) in [6, 6.07) is 15.2. The van der Waals surface area contributed by atoms with Crippen LogP contribution < -0.4 is 9.64 Å². The van der Waals surface area contributed by atoms with Gasteiger partial charge in [0.1, 0.15) is 11.6 Å². The molecule has 1 heterocycles. The molecule has 0 aliphatic heterocycles. The molecule has 1 amide bonds. The van der Waals surface area contributed by atoms with E-state index in [4.69, 9.17) is 14.5 Å². The second-order valence-corrected chi connectivity index (χ2v) is 6.75. The molecule has 3 rings (SSSR count). The SMILES string of the molecule is CCOc1ccc(N(CCC#N)C(=O)CCCc2nc(-c3ccc(F)cc3)no2)cc1. The summed E-state index contributed by atoms with van der Waals surface area (Å²) >= 11 is 0. The maximum absolute atomic E-state index is 13.0. The van der Waals surface area contributed by atoms with Crippen molar-refractivity contribution in [3.05, 3.63) is 60.2 Å². The number of aromatic nitrogens is 2. The van der Waals surface area contributed by atoms with Gasteiger partial charge in [0.25, 0.3) is 0 Å². The van der Waals surface area contributed by atoms with Crippen molar-refractivity contribution in [3.63, 3.8) is 0 Å². The Bertz CT molecular complexity index is 1030. The molecule has 0 aliphatic rings. The summed E-state index contributed by atoms with van der Waals surface area (Å²) in [7, 11) is 0. The Morgan fingerprint density at radius 1 is 1.19 bits per heavy atom. The monoisotopic (exact) mass is 422 g/mol. The van der Waals surface area contributed by atoms with Crippen molar-refractivity contribution >= 4 is 11.6 Å². The number of benzene rings is 2. The normalized spacial score (nSPS) is 10.5. The van der Waals surface area contributed by atoms with Gasteiger partial charge in [0, 0.05) is 30.6 Å². The van der Waals surface area contributed by atoms with Gasteiger partial charge >= 0.3 is 0 Å². The molecule has 0 saturated carbocycles. The van der Waals surface area contributed by atoms with E-state index < -0.39 is 0 Å². The first-order chi connectivity index (χ1) is 15.1. The van der Waals surface area contributed by atoms with Gasteiger partial charge in [-0.05, 0) is 61.9 Å². The van der Waals surface area contributed by atoms with Crippen LogP contribution >= 0.6 is 0 Å². The van der Waals surface area contributed by atoms with Crippen LogP contribution in [0.1, 0.15) is 32.1 Å². The van der Waals surface area contributed by atoms with Crippen LogP contribution in [0.25, 0.3) is 11.4 Å². The molecule has 0 radical (unpaired) electrons. The van der Waals surface area contributed by atoms with Gasteiger partial charge in [-0.1, -0.05) is 5.16 Å². The first-order valence-electron chi connectivity index (χ1n) is 10.1. The quantitative estimate of drug-likeness (QED) is 0.476. The van der Waals surface area contributed by atoms with Gasteiger partial charge in [-0.25, -0.2) is 4.39 Å². The number of ether oxygens (including phenoxy) is 1. The average molecular weight is 422 g/mol. The highest BCUT2D eigenvalue weighted by Gasteiger charge is 2.16. The lowest BCUT2D eigenvalue weighted by Crippen LogP contribution is -2.31. The van der Waals surface area contributed by atoms with Crippen molar-refractivity contribution < 1.29 is 18.4 Å². The number of aryl methyl sites for hydroxylation is 1. The number of carbonyl (C=O) groups excluding carboxylic acids is 1. The lowest BCUT2D eigenvalue weighted by Gasteiger charge is -2.22. The van der Waals surface area contributed by atoms with Gasteiger partial charge < -0.3 is 14.2 Å². The minimum atomic E-state index is -0.334. The van der Waals surface area contributed by atoms with Crippen LogP contribution in [0, 0.1) is 17.1 Å². The van der Waals surface area contributed by atoms with Crippen LogP contribution in [-0.2, 0) is 11.2 Å². The number of amides is 1. The number of hydrogen-bond acceptors (Lipinski definition) is 6. The summed E-state index contributed by atoms with van der Waals surface area (Å²) in [5, 5.41) is 12.8. The number of nitrogens with zero attached hydrogens (tertiary/aromatic N) is 4. The molecule has 0 aliphatic carbocycles. The Morgan fingerprint density at radius 2 is 1.94 bits per heavy atom. The molecule has 0 unspecified atom stereocenters. The molecule has 31 heavy (non-hydrogen) atoms. The lowest BCUT2D eigenvalue weighted by atomic mass is 10.2. The molecule has 0 bridgehead atoms. The molecule has 1 aromatic heterocycles. The standard InChI is InChI=1S/C23H23FN4O3/c1-2-30-20-13-11-19(12-14-20)28(16-4-15-25)22(29)6-3-5-21-26-23(27-31-21)17-7-9-18(24)10-8-17/h7-14H,2-6,16H2,1H3. The largest absolute Gasteiger partial charge is 0.494 e. The number of nitriles is 1. The van der Waals surface area contributed by atoms with Gasteiger partial charge in [0.15, 0.2) is 0 Å². The Balaban J connectivity index is 1.58. The maximum Gasteiger partial charge on any atom is 0.227 e. The summed E-state index contributed by atoms with van der Waals surface area (Å²) in [5.74, 6) is 1.10. The maximum atomic E-state index is 13.0. The molecule has 3 aromatic rings. The number of hydrogen-bond donors (Lipinski definition) is 0. The van der Waals surface area contributed by atoms with Crippen LogP contribution in [0.3, 0.4) is 0 Å². The summed E-state index contributed by atoms with van der Waals surface area (Å²) in [5.41, 5.74) is 1.38. The zero-order valence-electron chi connectivity index (χ0n) is 17.3. The van der Waals surface area contributed by atoms with Crippen LogP contribution in [0.2, 0.25) is 0 Å².